The van der Waals surface area contributed by atoms with Crippen molar-refractivity contribution in [2.45, 2.75) is 59.3 Å². The monoisotopic (exact) mass is 251 g/mol. The average molecular weight is 251 g/mol. The first-order chi connectivity index (χ1) is 8.53. The molecular formula is C16H29NO. The Kier molecular flexibility index (Phi) is 5.90. The zero-order valence-corrected chi connectivity index (χ0v) is 12.4. The van der Waals surface area contributed by atoms with Gasteiger partial charge >= 0.3 is 0 Å². The fourth-order valence-electron chi connectivity index (χ4n) is 2.86. The second kappa shape index (κ2) is 6.96. The lowest BCUT2D eigenvalue weighted by molar-refractivity contribution is -0.129. The maximum Gasteiger partial charge on any atom is 0.219 e. The van der Waals surface area contributed by atoms with Gasteiger partial charge in [0.05, 0.1) is 0 Å². The molecule has 1 aliphatic carbocycles. The Hall–Kier alpha value is -0.790. The van der Waals surface area contributed by atoms with Gasteiger partial charge in [0, 0.05) is 20.0 Å². The first-order valence-electron chi connectivity index (χ1n) is 7.40. The molecule has 0 N–H and O–H groups in total. The Morgan fingerprint density at radius 2 is 2.17 bits per heavy atom. The number of hydrogen-bond acceptors (Lipinski definition) is 1. The molecule has 0 aromatic carbocycles. The molecule has 0 heterocycles. The number of unbranched alkanes of at least 4 members (excludes halogenated alkanes) is 3. The zero-order chi connectivity index (χ0) is 13.6. The van der Waals surface area contributed by atoms with Crippen LogP contribution in [0.15, 0.2) is 12.7 Å². The fourth-order valence-corrected chi connectivity index (χ4v) is 2.86. The van der Waals surface area contributed by atoms with Gasteiger partial charge in [0.1, 0.15) is 0 Å². The molecule has 104 valence electrons. The first-order valence-corrected chi connectivity index (χ1v) is 7.40. The van der Waals surface area contributed by atoms with Crippen molar-refractivity contribution in [1.82, 2.24) is 4.90 Å². The summed E-state index contributed by atoms with van der Waals surface area (Å²) in [5.41, 5.74) is 0.376. The zero-order valence-electron chi connectivity index (χ0n) is 12.4. The number of nitrogens with zero attached hydrogens (tertiary/aromatic N) is 1. The van der Waals surface area contributed by atoms with Crippen LogP contribution >= 0.6 is 0 Å². The van der Waals surface area contributed by atoms with Crippen molar-refractivity contribution in [2.75, 3.05) is 13.1 Å². The van der Waals surface area contributed by atoms with Gasteiger partial charge < -0.3 is 4.90 Å². The van der Waals surface area contributed by atoms with Gasteiger partial charge in [-0.3, -0.25) is 4.79 Å². The molecule has 0 aliphatic heterocycles. The van der Waals surface area contributed by atoms with Crippen LogP contribution in [-0.2, 0) is 4.79 Å². The van der Waals surface area contributed by atoms with Crippen molar-refractivity contribution in [3.05, 3.63) is 12.7 Å². The van der Waals surface area contributed by atoms with Crippen LogP contribution in [0.3, 0.4) is 0 Å². The summed E-state index contributed by atoms with van der Waals surface area (Å²) in [7, 11) is 0. The summed E-state index contributed by atoms with van der Waals surface area (Å²) >= 11 is 0. The fraction of sp³-hybridized carbons (Fsp3) is 0.812. The lowest BCUT2D eigenvalue weighted by atomic mass is 10.0. The summed E-state index contributed by atoms with van der Waals surface area (Å²) in [6, 6.07) is 0. The Bertz CT molecular complexity index is 287. The number of carbonyl (C=O) groups excluding carboxylic acids is 1. The molecule has 1 aliphatic rings. The van der Waals surface area contributed by atoms with Gasteiger partial charge in [0.2, 0.25) is 5.91 Å². The SMILES string of the molecule is C=CCN(CC1(C)CC1CCCCCC)C(C)=O. The van der Waals surface area contributed by atoms with Crippen LogP contribution in [0.2, 0.25) is 0 Å². The molecule has 2 heteroatoms. The molecule has 0 aromatic heterocycles. The van der Waals surface area contributed by atoms with Crippen molar-refractivity contribution < 1.29 is 4.79 Å². The highest BCUT2D eigenvalue weighted by Crippen LogP contribution is 2.55. The smallest absolute Gasteiger partial charge is 0.219 e. The third kappa shape index (κ3) is 4.47. The highest BCUT2D eigenvalue weighted by atomic mass is 16.2. The van der Waals surface area contributed by atoms with Gasteiger partial charge in [0.25, 0.3) is 0 Å². The summed E-state index contributed by atoms with van der Waals surface area (Å²) in [6.07, 6.45) is 9.85. The van der Waals surface area contributed by atoms with Crippen molar-refractivity contribution in [3.63, 3.8) is 0 Å². The minimum atomic E-state index is 0.174. The summed E-state index contributed by atoms with van der Waals surface area (Å²) in [6.45, 7) is 11.6. The summed E-state index contributed by atoms with van der Waals surface area (Å²) in [5.74, 6) is 1.01. The second-order valence-electron chi connectivity index (χ2n) is 6.09. The van der Waals surface area contributed by atoms with Gasteiger partial charge in [-0.15, -0.1) is 6.58 Å². The first kappa shape index (κ1) is 15.3. The van der Waals surface area contributed by atoms with E-state index >= 15 is 0 Å². The van der Waals surface area contributed by atoms with Gasteiger partial charge in [-0.2, -0.15) is 0 Å². The Morgan fingerprint density at radius 1 is 1.44 bits per heavy atom. The van der Waals surface area contributed by atoms with Crippen LogP contribution in [0.25, 0.3) is 0 Å². The van der Waals surface area contributed by atoms with Crippen LogP contribution in [-0.4, -0.2) is 23.9 Å². The lowest BCUT2D eigenvalue weighted by Gasteiger charge is -2.24. The molecule has 2 atom stereocenters. The molecule has 1 amide bonds. The topological polar surface area (TPSA) is 20.3 Å². The van der Waals surface area contributed by atoms with Crippen LogP contribution < -0.4 is 0 Å². The van der Waals surface area contributed by atoms with Gasteiger partial charge in [-0.25, -0.2) is 0 Å². The molecule has 0 aromatic rings. The van der Waals surface area contributed by atoms with Crippen LogP contribution in [0.5, 0.6) is 0 Å². The molecule has 1 rings (SSSR count). The third-order valence-corrected chi connectivity index (χ3v) is 4.29. The molecule has 2 nitrogen and oxygen atoms in total. The standard InChI is InChI=1S/C16H29NO/c1-5-7-8-9-10-15-12-16(15,4)13-17(11-6-2)14(3)18/h6,15H,2,5,7-13H2,1,3-4H3. The Morgan fingerprint density at radius 3 is 2.72 bits per heavy atom. The van der Waals surface area contributed by atoms with E-state index in [1.807, 2.05) is 11.0 Å². The quantitative estimate of drug-likeness (QED) is 0.448. The minimum absolute atomic E-state index is 0.174. The van der Waals surface area contributed by atoms with E-state index in [2.05, 4.69) is 20.4 Å². The van der Waals surface area contributed by atoms with E-state index in [0.717, 1.165) is 12.5 Å². The second-order valence-corrected chi connectivity index (χ2v) is 6.09. The molecule has 0 bridgehead atoms. The largest absolute Gasteiger partial charge is 0.339 e. The number of carbonyl (C=O) groups is 1. The molecule has 0 spiro atoms. The van der Waals surface area contributed by atoms with Crippen LogP contribution in [0, 0.1) is 11.3 Å². The predicted molar refractivity (Wildman–Crippen MR) is 77.4 cm³/mol. The molecule has 1 fully saturated rings. The van der Waals surface area contributed by atoms with Crippen molar-refractivity contribution in [2.24, 2.45) is 11.3 Å². The van der Waals surface area contributed by atoms with Crippen molar-refractivity contribution in [3.8, 4) is 0 Å². The average Bonchev–Trinajstić information content (AvgIpc) is 2.95. The van der Waals surface area contributed by atoms with E-state index in [4.69, 9.17) is 0 Å². The molecule has 0 saturated heterocycles. The minimum Gasteiger partial charge on any atom is -0.339 e. The number of hydrogen-bond donors (Lipinski definition) is 0. The van der Waals surface area contributed by atoms with E-state index in [-0.39, 0.29) is 5.91 Å². The van der Waals surface area contributed by atoms with E-state index in [9.17, 15) is 4.79 Å². The van der Waals surface area contributed by atoms with E-state index in [1.165, 1.54) is 38.5 Å². The predicted octanol–water partition coefficient (Wildman–Crippen LogP) is 4.02. The summed E-state index contributed by atoms with van der Waals surface area (Å²) < 4.78 is 0. The van der Waals surface area contributed by atoms with E-state index in [0.29, 0.717) is 12.0 Å². The van der Waals surface area contributed by atoms with E-state index < -0.39 is 0 Å². The normalized spacial score (nSPS) is 25.8. The summed E-state index contributed by atoms with van der Waals surface area (Å²) in [4.78, 5) is 13.5. The molecule has 1 saturated carbocycles. The van der Waals surface area contributed by atoms with Crippen molar-refractivity contribution in [1.29, 1.82) is 0 Å². The Labute approximate surface area is 112 Å². The number of rotatable bonds is 9. The maximum absolute atomic E-state index is 11.5. The van der Waals surface area contributed by atoms with Crippen LogP contribution in [0.1, 0.15) is 59.3 Å². The van der Waals surface area contributed by atoms with Gasteiger partial charge in [-0.1, -0.05) is 45.6 Å². The maximum atomic E-state index is 11.5. The molecule has 18 heavy (non-hydrogen) atoms. The van der Waals surface area contributed by atoms with Gasteiger partial charge in [0.15, 0.2) is 0 Å². The Balaban J connectivity index is 2.29. The summed E-state index contributed by atoms with van der Waals surface area (Å²) in [5, 5.41) is 0. The highest BCUT2D eigenvalue weighted by Gasteiger charge is 2.50. The third-order valence-electron chi connectivity index (χ3n) is 4.29. The molecule has 2 unspecified atom stereocenters. The van der Waals surface area contributed by atoms with Gasteiger partial charge in [-0.05, 0) is 24.2 Å². The molecule has 0 radical (unpaired) electrons. The lowest BCUT2D eigenvalue weighted by Crippen LogP contribution is -2.34. The van der Waals surface area contributed by atoms with Crippen LogP contribution in [0.4, 0.5) is 0 Å². The number of amides is 1. The van der Waals surface area contributed by atoms with E-state index in [1.54, 1.807) is 6.92 Å². The van der Waals surface area contributed by atoms with Crippen molar-refractivity contribution >= 4 is 5.91 Å². The highest BCUT2D eigenvalue weighted by molar-refractivity contribution is 5.73. The molecular weight excluding hydrogens is 222 g/mol.